The number of hydrogen-bond donors (Lipinski definition) is 0. The van der Waals surface area contributed by atoms with Crippen LogP contribution in [0, 0.1) is 0 Å². The first-order valence-electron chi connectivity index (χ1n) is 12.5. The van der Waals surface area contributed by atoms with Gasteiger partial charge in [-0.1, -0.05) is 169 Å². The fourth-order valence-corrected chi connectivity index (χ4v) is 4.27. The van der Waals surface area contributed by atoms with E-state index in [0.29, 0.717) is 0 Å². The fourth-order valence-electron chi connectivity index (χ4n) is 4.27. The number of hydrogen-bond acceptors (Lipinski definition) is 2. The van der Waals surface area contributed by atoms with Gasteiger partial charge in [-0.05, 0) is 44.5 Å². The summed E-state index contributed by atoms with van der Waals surface area (Å²) in [6, 6.07) is 35.8. The standard InChI is InChI=1S/2C18H14O.Fe/c2*19-18(16-8-4-5-9-16)17-12-10-15(11-13-17)14-6-2-1-3-7-14;/h2*1-13,19H;/q;;+2/p-2. The molecule has 0 atom stereocenters. The average Bonchev–Trinajstić information content (AvgIpc) is 3.74. The van der Waals surface area contributed by atoms with E-state index in [1.54, 1.807) is 0 Å². The molecule has 0 amide bonds. The van der Waals surface area contributed by atoms with Crippen LogP contribution in [0.1, 0.15) is 11.1 Å². The summed E-state index contributed by atoms with van der Waals surface area (Å²) in [5.74, 6) is 0.147. The second-order valence-electron chi connectivity index (χ2n) is 8.89. The van der Waals surface area contributed by atoms with Gasteiger partial charge in [0.2, 0.25) is 0 Å². The van der Waals surface area contributed by atoms with Gasteiger partial charge in [0.25, 0.3) is 0 Å². The summed E-state index contributed by atoms with van der Waals surface area (Å²) in [6.45, 7) is 0. The second kappa shape index (κ2) is 13.3. The van der Waals surface area contributed by atoms with Crippen LogP contribution < -0.4 is 10.2 Å². The first-order valence-corrected chi connectivity index (χ1v) is 12.5. The van der Waals surface area contributed by atoms with E-state index in [-0.39, 0.29) is 28.6 Å². The molecular weight excluding hydrogens is 520 g/mol. The number of rotatable bonds is 4. The summed E-state index contributed by atoms with van der Waals surface area (Å²) in [4.78, 5) is 0. The molecule has 2 aliphatic rings. The van der Waals surface area contributed by atoms with Crippen molar-refractivity contribution in [2.45, 2.75) is 0 Å². The third-order valence-electron chi connectivity index (χ3n) is 6.36. The molecule has 2 aliphatic carbocycles. The van der Waals surface area contributed by atoms with Gasteiger partial charge in [-0.15, -0.1) is 0 Å². The van der Waals surface area contributed by atoms with Crippen molar-refractivity contribution in [3.63, 3.8) is 0 Å². The van der Waals surface area contributed by atoms with Gasteiger partial charge in [0, 0.05) is 0 Å². The van der Waals surface area contributed by atoms with Gasteiger partial charge in [-0.25, -0.2) is 0 Å². The van der Waals surface area contributed by atoms with Crippen LogP contribution in [0.5, 0.6) is 0 Å². The minimum absolute atomic E-state index is 0. The molecule has 0 fully saturated rings. The molecule has 0 bridgehead atoms. The molecule has 4 aromatic carbocycles. The Morgan fingerprint density at radius 3 is 0.949 bits per heavy atom. The Labute approximate surface area is 240 Å². The zero-order valence-electron chi connectivity index (χ0n) is 21.2. The van der Waals surface area contributed by atoms with E-state index in [1.165, 1.54) is 0 Å². The van der Waals surface area contributed by atoms with Gasteiger partial charge < -0.3 is 10.2 Å². The van der Waals surface area contributed by atoms with Crippen molar-refractivity contribution in [2.75, 3.05) is 0 Å². The topological polar surface area (TPSA) is 46.1 Å². The van der Waals surface area contributed by atoms with Gasteiger partial charge in [0.05, 0.1) is 0 Å². The Kier molecular flexibility index (Phi) is 9.37. The molecule has 0 N–H and O–H groups in total. The van der Waals surface area contributed by atoms with E-state index in [2.05, 4.69) is 24.3 Å². The van der Waals surface area contributed by atoms with Crippen LogP contribution in [0.25, 0.3) is 33.8 Å². The van der Waals surface area contributed by atoms with Crippen LogP contribution in [0.4, 0.5) is 0 Å². The van der Waals surface area contributed by atoms with Crippen LogP contribution in [0.2, 0.25) is 0 Å². The summed E-state index contributed by atoms with van der Waals surface area (Å²) in [7, 11) is 0. The molecule has 0 spiro atoms. The third-order valence-corrected chi connectivity index (χ3v) is 6.36. The quantitative estimate of drug-likeness (QED) is 0.203. The number of benzene rings is 4. The molecule has 0 saturated carbocycles. The number of allylic oxidation sites excluding steroid dienone is 10. The van der Waals surface area contributed by atoms with E-state index in [1.807, 2.05) is 134 Å². The van der Waals surface area contributed by atoms with Crippen molar-refractivity contribution >= 4 is 11.5 Å². The van der Waals surface area contributed by atoms with Crippen LogP contribution in [-0.2, 0) is 17.1 Å². The fraction of sp³-hybridized carbons (Fsp3) is 0. The Morgan fingerprint density at radius 2 is 0.641 bits per heavy atom. The van der Waals surface area contributed by atoms with Crippen LogP contribution in [0.3, 0.4) is 0 Å². The Bertz CT molecular complexity index is 1420. The van der Waals surface area contributed by atoms with Crippen LogP contribution in [0.15, 0.2) is 169 Å². The molecular formula is C36H26FeO2. The average molecular weight is 546 g/mol. The van der Waals surface area contributed by atoms with Crippen LogP contribution in [-0.4, -0.2) is 0 Å². The van der Waals surface area contributed by atoms with Crippen molar-refractivity contribution < 1.29 is 27.3 Å². The van der Waals surface area contributed by atoms with Gasteiger partial charge in [-0.3, -0.25) is 0 Å². The Hall–Kier alpha value is -4.56. The Morgan fingerprint density at radius 1 is 0.359 bits per heavy atom. The van der Waals surface area contributed by atoms with Crippen molar-refractivity contribution in [1.82, 2.24) is 0 Å². The second-order valence-corrected chi connectivity index (χ2v) is 8.89. The predicted molar refractivity (Wildman–Crippen MR) is 154 cm³/mol. The summed E-state index contributed by atoms with van der Waals surface area (Å²) >= 11 is 0. The summed E-state index contributed by atoms with van der Waals surface area (Å²) in [5.41, 5.74) is 7.51. The Balaban J connectivity index is 0.000000176. The van der Waals surface area contributed by atoms with Gasteiger partial charge >= 0.3 is 17.1 Å². The van der Waals surface area contributed by atoms with Gasteiger partial charge in [-0.2, -0.15) is 0 Å². The molecule has 190 valence electrons. The van der Waals surface area contributed by atoms with Crippen molar-refractivity contribution in [2.24, 2.45) is 0 Å². The summed E-state index contributed by atoms with van der Waals surface area (Å²) < 4.78 is 0. The van der Waals surface area contributed by atoms with Crippen molar-refractivity contribution in [1.29, 1.82) is 0 Å². The molecule has 0 aliphatic heterocycles. The van der Waals surface area contributed by atoms with E-state index in [9.17, 15) is 10.2 Å². The van der Waals surface area contributed by atoms with E-state index in [4.69, 9.17) is 0 Å². The molecule has 0 unspecified atom stereocenters. The van der Waals surface area contributed by atoms with Crippen LogP contribution >= 0.6 is 0 Å². The van der Waals surface area contributed by atoms with E-state index < -0.39 is 0 Å². The molecule has 6 rings (SSSR count). The zero-order chi connectivity index (χ0) is 26.2. The molecule has 3 heteroatoms. The smallest absolute Gasteiger partial charge is 0.872 e. The molecule has 2 nitrogen and oxygen atoms in total. The summed E-state index contributed by atoms with van der Waals surface area (Å²) in [5, 5.41) is 24.3. The van der Waals surface area contributed by atoms with Gasteiger partial charge in [0.1, 0.15) is 0 Å². The van der Waals surface area contributed by atoms with Crippen molar-refractivity contribution in [3.05, 3.63) is 180 Å². The molecule has 39 heavy (non-hydrogen) atoms. The van der Waals surface area contributed by atoms with E-state index >= 15 is 0 Å². The van der Waals surface area contributed by atoms with E-state index in [0.717, 1.165) is 44.5 Å². The first kappa shape index (κ1) is 27.5. The normalized spacial score (nSPS) is 12.6. The molecule has 0 saturated heterocycles. The molecule has 0 heterocycles. The summed E-state index contributed by atoms with van der Waals surface area (Å²) in [6.07, 6.45) is 14.9. The SMILES string of the molecule is [Fe+2].[O-]C(=C1C=CC=C1)c1ccc(-c2ccccc2)cc1.[O-]C(=C1C=CC=C1)c1ccc(-c2ccccc2)cc1. The monoisotopic (exact) mass is 546 g/mol. The molecule has 4 aromatic rings. The minimum Gasteiger partial charge on any atom is -0.872 e. The maximum absolute atomic E-state index is 12.2. The molecule has 0 aromatic heterocycles. The maximum atomic E-state index is 12.2. The third kappa shape index (κ3) is 6.85. The predicted octanol–water partition coefficient (Wildman–Crippen LogP) is 7.10. The first-order chi connectivity index (χ1) is 18.7. The maximum Gasteiger partial charge on any atom is 2.00 e. The van der Waals surface area contributed by atoms with Crippen molar-refractivity contribution in [3.8, 4) is 22.3 Å². The van der Waals surface area contributed by atoms with Gasteiger partial charge in [0.15, 0.2) is 0 Å². The molecule has 0 radical (unpaired) electrons. The largest absolute Gasteiger partial charge is 2.00 e. The minimum atomic E-state index is 0. The zero-order valence-corrected chi connectivity index (χ0v) is 22.3.